The molecular formula is C15H14BrFO. The normalized spacial score (nSPS) is 12.5. The van der Waals surface area contributed by atoms with E-state index in [1.165, 1.54) is 12.1 Å². The van der Waals surface area contributed by atoms with E-state index in [2.05, 4.69) is 15.9 Å². The van der Waals surface area contributed by atoms with Gasteiger partial charge in [-0.05, 0) is 54.3 Å². The Labute approximate surface area is 114 Å². The highest BCUT2D eigenvalue weighted by Crippen LogP contribution is 2.31. The van der Waals surface area contributed by atoms with Gasteiger partial charge in [0.2, 0.25) is 0 Å². The molecule has 1 nitrogen and oxygen atoms in total. The van der Waals surface area contributed by atoms with Gasteiger partial charge in [0.25, 0.3) is 0 Å². The van der Waals surface area contributed by atoms with Gasteiger partial charge in [-0.1, -0.05) is 34.1 Å². The van der Waals surface area contributed by atoms with E-state index >= 15 is 0 Å². The van der Waals surface area contributed by atoms with Gasteiger partial charge in [-0.25, -0.2) is 4.39 Å². The van der Waals surface area contributed by atoms with E-state index in [1.54, 1.807) is 13.0 Å². The van der Waals surface area contributed by atoms with Crippen LogP contribution in [0.3, 0.4) is 0 Å². The van der Waals surface area contributed by atoms with Crippen LogP contribution in [0.1, 0.15) is 28.4 Å². The van der Waals surface area contributed by atoms with Crippen molar-refractivity contribution in [1.29, 1.82) is 0 Å². The molecule has 0 bridgehead atoms. The van der Waals surface area contributed by atoms with E-state index in [4.69, 9.17) is 0 Å². The summed E-state index contributed by atoms with van der Waals surface area (Å²) in [6, 6.07) is 10.2. The molecule has 0 spiro atoms. The Kier molecular flexibility index (Phi) is 3.83. The zero-order chi connectivity index (χ0) is 13.3. The van der Waals surface area contributed by atoms with Gasteiger partial charge >= 0.3 is 0 Å². The minimum absolute atomic E-state index is 0.286. The van der Waals surface area contributed by atoms with Crippen molar-refractivity contribution < 1.29 is 9.50 Å². The van der Waals surface area contributed by atoms with E-state index in [0.717, 1.165) is 26.7 Å². The second-order valence-electron chi connectivity index (χ2n) is 4.43. The van der Waals surface area contributed by atoms with Gasteiger partial charge in [-0.3, -0.25) is 0 Å². The van der Waals surface area contributed by atoms with E-state index in [1.807, 2.05) is 25.1 Å². The van der Waals surface area contributed by atoms with E-state index < -0.39 is 6.10 Å². The van der Waals surface area contributed by atoms with Gasteiger partial charge in [-0.15, -0.1) is 0 Å². The fraction of sp³-hybridized carbons (Fsp3) is 0.200. The molecule has 94 valence electrons. The highest BCUT2D eigenvalue weighted by molar-refractivity contribution is 9.10. The van der Waals surface area contributed by atoms with Gasteiger partial charge in [0.1, 0.15) is 11.9 Å². The lowest BCUT2D eigenvalue weighted by atomic mass is 9.97. The maximum absolute atomic E-state index is 13.1. The molecule has 0 saturated carbocycles. The van der Waals surface area contributed by atoms with Crippen molar-refractivity contribution in [1.82, 2.24) is 0 Å². The van der Waals surface area contributed by atoms with Crippen LogP contribution in [0.4, 0.5) is 4.39 Å². The zero-order valence-electron chi connectivity index (χ0n) is 10.2. The molecule has 0 aromatic heterocycles. The number of hydrogen-bond donors (Lipinski definition) is 1. The summed E-state index contributed by atoms with van der Waals surface area (Å²) in [6.07, 6.45) is -0.749. The monoisotopic (exact) mass is 308 g/mol. The standard InChI is InChI=1S/C15H14BrFO/c1-9-3-5-13(14(16)7-9)15(18)12-6-4-11(17)8-10(12)2/h3-8,15,18H,1-2H3. The third kappa shape index (κ3) is 2.62. The summed E-state index contributed by atoms with van der Waals surface area (Å²) in [5.41, 5.74) is 3.37. The minimum Gasteiger partial charge on any atom is -0.384 e. The highest BCUT2D eigenvalue weighted by Gasteiger charge is 2.15. The van der Waals surface area contributed by atoms with Crippen LogP contribution in [-0.4, -0.2) is 5.11 Å². The van der Waals surface area contributed by atoms with E-state index in [-0.39, 0.29) is 5.82 Å². The first kappa shape index (κ1) is 13.2. The molecule has 3 heteroatoms. The third-order valence-electron chi connectivity index (χ3n) is 2.98. The molecular weight excluding hydrogens is 295 g/mol. The Morgan fingerprint density at radius 3 is 2.33 bits per heavy atom. The van der Waals surface area contributed by atoms with Crippen molar-refractivity contribution >= 4 is 15.9 Å². The maximum atomic E-state index is 13.1. The Morgan fingerprint density at radius 1 is 1.06 bits per heavy atom. The maximum Gasteiger partial charge on any atom is 0.123 e. The van der Waals surface area contributed by atoms with E-state index in [9.17, 15) is 9.50 Å². The summed E-state index contributed by atoms with van der Waals surface area (Å²) in [7, 11) is 0. The van der Waals surface area contributed by atoms with Crippen LogP contribution >= 0.6 is 15.9 Å². The Hall–Kier alpha value is -1.19. The fourth-order valence-electron chi connectivity index (χ4n) is 1.97. The fourth-order valence-corrected chi connectivity index (χ4v) is 2.68. The van der Waals surface area contributed by atoms with Crippen molar-refractivity contribution in [3.63, 3.8) is 0 Å². The van der Waals surface area contributed by atoms with Crippen LogP contribution in [0.25, 0.3) is 0 Å². The van der Waals surface area contributed by atoms with Crippen LogP contribution in [0.5, 0.6) is 0 Å². The quantitative estimate of drug-likeness (QED) is 0.877. The second-order valence-corrected chi connectivity index (χ2v) is 5.28. The molecule has 0 heterocycles. The molecule has 0 amide bonds. The average Bonchev–Trinajstić information content (AvgIpc) is 2.28. The van der Waals surface area contributed by atoms with Crippen molar-refractivity contribution in [2.45, 2.75) is 20.0 Å². The van der Waals surface area contributed by atoms with Gasteiger partial charge in [0.05, 0.1) is 0 Å². The largest absolute Gasteiger partial charge is 0.384 e. The van der Waals surface area contributed by atoms with Crippen LogP contribution in [-0.2, 0) is 0 Å². The van der Waals surface area contributed by atoms with Gasteiger partial charge < -0.3 is 5.11 Å². The highest BCUT2D eigenvalue weighted by atomic mass is 79.9. The molecule has 0 aliphatic carbocycles. The molecule has 1 unspecified atom stereocenters. The lowest BCUT2D eigenvalue weighted by Crippen LogP contribution is -2.03. The van der Waals surface area contributed by atoms with Crippen LogP contribution in [0, 0.1) is 19.7 Å². The lowest BCUT2D eigenvalue weighted by molar-refractivity contribution is 0.218. The van der Waals surface area contributed by atoms with Crippen LogP contribution in [0.15, 0.2) is 40.9 Å². The number of halogens is 2. The van der Waals surface area contributed by atoms with Crippen LogP contribution in [0.2, 0.25) is 0 Å². The summed E-state index contributed by atoms with van der Waals surface area (Å²) in [5.74, 6) is -0.286. The van der Waals surface area contributed by atoms with Gasteiger partial charge in [0.15, 0.2) is 0 Å². The minimum atomic E-state index is -0.749. The first-order valence-electron chi connectivity index (χ1n) is 5.69. The molecule has 1 atom stereocenters. The van der Waals surface area contributed by atoms with Crippen molar-refractivity contribution in [3.05, 3.63) is 68.9 Å². The number of hydrogen-bond acceptors (Lipinski definition) is 1. The topological polar surface area (TPSA) is 20.2 Å². The zero-order valence-corrected chi connectivity index (χ0v) is 11.8. The SMILES string of the molecule is Cc1ccc(C(O)c2ccc(F)cc2C)c(Br)c1. The number of benzene rings is 2. The number of aliphatic hydroxyl groups excluding tert-OH is 1. The van der Waals surface area contributed by atoms with E-state index in [0.29, 0.717) is 0 Å². The predicted molar refractivity (Wildman–Crippen MR) is 74.1 cm³/mol. The molecule has 0 saturated heterocycles. The van der Waals surface area contributed by atoms with Gasteiger partial charge in [-0.2, -0.15) is 0 Å². The molecule has 0 fully saturated rings. The van der Waals surface area contributed by atoms with Crippen molar-refractivity contribution in [2.24, 2.45) is 0 Å². The van der Waals surface area contributed by atoms with Crippen molar-refractivity contribution in [3.8, 4) is 0 Å². The molecule has 0 aliphatic heterocycles. The molecule has 2 aromatic rings. The Bertz CT molecular complexity index is 529. The molecule has 2 rings (SSSR count). The smallest absolute Gasteiger partial charge is 0.123 e. The summed E-state index contributed by atoms with van der Waals surface area (Å²) in [5, 5.41) is 10.4. The first-order valence-corrected chi connectivity index (χ1v) is 6.48. The third-order valence-corrected chi connectivity index (χ3v) is 3.66. The Morgan fingerprint density at radius 2 is 1.72 bits per heavy atom. The summed E-state index contributed by atoms with van der Waals surface area (Å²) in [6.45, 7) is 3.79. The van der Waals surface area contributed by atoms with Crippen LogP contribution < -0.4 is 0 Å². The summed E-state index contributed by atoms with van der Waals surface area (Å²) in [4.78, 5) is 0. The van der Waals surface area contributed by atoms with Crippen molar-refractivity contribution in [2.75, 3.05) is 0 Å². The molecule has 0 aliphatic rings. The molecule has 1 N–H and O–H groups in total. The first-order chi connectivity index (χ1) is 8.49. The number of aryl methyl sites for hydroxylation is 2. The summed E-state index contributed by atoms with van der Waals surface area (Å²) < 4.78 is 13.9. The molecule has 18 heavy (non-hydrogen) atoms. The average molecular weight is 309 g/mol. The molecule has 0 radical (unpaired) electrons. The number of aliphatic hydroxyl groups is 1. The number of rotatable bonds is 2. The lowest BCUT2D eigenvalue weighted by Gasteiger charge is -2.16. The summed E-state index contributed by atoms with van der Waals surface area (Å²) >= 11 is 3.45. The molecule has 2 aromatic carbocycles. The Balaban J connectivity index is 2.44. The predicted octanol–water partition coefficient (Wildman–Crippen LogP) is 4.29. The van der Waals surface area contributed by atoms with Gasteiger partial charge in [0, 0.05) is 4.47 Å². The second kappa shape index (κ2) is 5.21.